The van der Waals surface area contributed by atoms with Crippen LogP contribution in [0.4, 0.5) is 0 Å². The lowest BCUT2D eigenvalue weighted by molar-refractivity contribution is -0.141. The van der Waals surface area contributed by atoms with Crippen molar-refractivity contribution in [3.05, 3.63) is 35.4 Å². The van der Waals surface area contributed by atoms with Gasteiger partial charge < -0.3 is 10.0 Å². The summed E-state index contributed by atoms with van der Waals surface area (Å²) in [4.78, 5) is 24.9. The van der Waals surface area contributed by atoms with Gasteiger partial charge in [0.25, 0.3) is 0 Å². The van der Waals surface area contributed by atoms with Crippen LogP contribution in [0.3, 0.4) is 0 Å². The van der Waals surface area contributed by atoms with Gasteiger partial charge in [0.1, 0.15) is 0 Å². The molecule has 21 heavy (non-hydrogen) atoms. The maximum Gasteiger partial charge on any atom is 0.308 e. The number of carbonyl (C=O) groups is 2. The van der Waals surface area contributed by atoms with E-state index in [9.17, 15) is 9.59 Å². The first-order chi connectivity index (χ1) is 10.0. The van der Waals surface area contributed by atoms with Crippen molar-refractivity contribution < 1.29 is 14.7 Å². The molecule has 1 aliphatic rings. The van der Waals surface area contributed by atoms with Gasteiger partial charge in [-0.25, -0.2) is 0 Å². The van der Waals surface area contributed by atoms with E-state index in [-0.39, 0.29) is 11.8 Å². The molecule has 4 nitrogen and oxygen atoms in total. The molecule has 114 valence electrons. The van der Waals surface area contributed by atoms with Crippen molar-refractivity contribution in [2.75, 3.05) is 13.1 Å². The molecule has 0 saturated carbocycles. The summed E-state index contributed by atoms with van der Waals surface area (Å²) >= 11 is 0. The number of rotatable bonds is 5. The number of carbonyl (C=O) groups excluding carboxylic acids is 1. The highest BCUT2D eigenvalue weighted by Gasteiger charge is 2.31. The van der Waals surface area contributed by atoms with Crippen molar-refractivity contribution in [3.8, 4) is 0 Å². The van der Waals surface area contributed by atoms with Crippen molar-refractivity contribution in [1.82, 2.24) is 4.90 Å². The minimum Gasteiger partial charge on any atom is -0.481 e. The standard InChI is InChI=1S/C17H23NO3/c1-3-13-4-6-14(7-5-13)12(2)10-16(19)18-9-8-15(11-18)17(20)21/h4-7,12,15H,3,8-11H2,1-2H3,(H,20,21). The molecule has 1 saturated heterocycles. The topological polar surface area (TPSA) is 57.6 Å². The second kappa shape index (κ2) is 6.74. The molecule has 0 aliphatic carbocycles. The van der Waals surface area contributed by atoms with Crippen LogP contribution < -0.4 is 0 Å². The van der Waals surface area contributed by atoms with E-state index < -0.39 is 11.9 Å². The van der Waals surface area contributed by atoms with Crippen LogP contribution in [0, 0.1) is 5.92 Å². The fourth-order valence-corrected chi connectivity index (χ4v) is 2.78. The summed E-state index contributed by atoms with van der Waals surface area (Å²) in [6.45, 7) is 5.09. The summed E-state index contributed by atoms with van der Waals surface area (Å²) in [5.41, 5.74) is 2.45. The number of amides is 1. The molecule has 1 aromatic rings. The monoisotopic (exact) mass is 289 g/mol. The first-order valence-electron chi connectivity index (χ1n) is 7.60. The maximum atomic E-state index is 12.3. The molecule has 1 amide bonds. The van der Waals surface area contributed by atoms with Gasteiger partial charge in [-0.3, -0.25) is 9.59 Å². The number of benzene rings is 1. The Kier molecular flexibility index (Phi) is 4.99. The van der Waals surface area contributed by atoms with E-state index >= 15 is 0 Å². The van der Waals surface area contributed by atoms with Crippen LogP contribution in [0.25, 0.3) is 0 Å². The minimum atomic E-state index is -0.798. The number of carboxylic acids is 1. The quantitative estimate of drug-likeness (QED) is 0.906. The lowest BCUT2D eigenvalue weighted by Gasteiger charge is -2.19. The molecule has 0 aromatic heterocycles. The molecule has 1 aliphatic heterocycles. The van der Waals surface area contributed by atoms with E-state index in [1.165, 1.54) is 5.56 Å². The summed E-state index contributed by atoms with van der Waals surface area (Å²) in [7, 11) is 0. The van der Waals surface area contributed by atoms with Crippen LogP contribution in [-0.4, -0.2) is 35.0 Å². The van der Waals surface area contributed by atoms with Crippen molar-refractivity contribution in [3.63, 3.8) is 0 Å². The fraction of sp³-hybridized carbons (Fsp3) is 0.529. The Bertz CT molecular complexity index is 509. The molecule has 1 heterocycles. The predicted octanol–water partition coefficient (Wildman–Crippen LogP) is 2.68. The van der Waals surface area contributed by atoms with Gasteiger partial charge in [0.15, 0.2) is 0 Å². The molecular formula is C17H23NO3. The third-order valence-corrected chi connectivity index (χ3v) is 4.33. The van der Waals surface area contributed by atoms with Crippen molar-refractivity contribution >= 4 is 11.9 Å². The Balaban J connectivity index is 1.91. The zero-order chi connectivity index (χ0) is 15.4. The number of aryl methyl sites for hydroxylation is 1. The van der Waals surface area contributed by atoms with Gasteiger partial charge in [-0.05, 0) is 29.9 Å². The molecule has 4 heteroatoms. The van der Waals surface area contributed by atoms with Gasteiger partial charge in [-0.2, -0.15) is 0 Å². The van der Waals surface area contributed by atoms with Gasteiger partial charge in [0.2, 0.25) is 5.91 Å². The van der Waals surface area contributed by atoms with Gasteiger partial charge in [-0.1, -0.05) is 38.1 Å². The summed E-state index contributed by atoms with van der Waals surface area (Å²) in [5.74, 6) is -0.973. The average molecular weight is 289 g/mol. The Hall–Kier alpha value is -1.84. The summed E-state index contributed by atoms with van der Waals surface area (Å²) < 4.78 is 0. The molecule has 2 unspecified atom stereocenters. The average Bonchev–Trinajstić information content (AvgIpc) is 2.97. The maximum absolute atomic E-state index is 12.3. The van der Waals surface area contributed by atoms with Gasteiger partial charge in [-0.15, -0.1) is 0 Å². The zero-order valence-corrected chi connectivity index (χ0v) is 12.7. The molecule has 2 atom stereocenters. The minimum absolute atomic E-state index is 0.0609. The van der Waals surface area contributed by atoms with Crippen molar-refractivity contribution in [1.29, 1.82) is 0 Å². The van der Waals surface area contributed by atoms with Crippen LogP contribution in [0.1, 0.15) is 43.7 Å². The lowest BCUT2D eigenvalue weighted by atomic mass is 9.96. The molecule has 0 radical (unpaired) electrons. The van der Waals surface area contributed by atoms with Gasteiger partial charge in [0.05, 0.1) is 5.92 Å². The van der Waals surface area contributed by atoms with E-state index in [0.717, 1.165) is 12.0 Å². The second-order valence-electron chi connectivity index (χ2n) is 5.86. The molecule has 0 spiro atoms. The largest absolute Gasteiger partial charge is 0.481 e. The third kappa shape index (κ3) is 3.84. The van der Waals surface area contributed by atoms with E-state index in [4.69, 9.17) is 5.11 Å². The van der Waals surface area contributed by atoms with Gasteiger partial charge in [0, 0.05) is 19.5 Å². The number of nitrogens with zero attached hydrogens (tertiary/aromatic N) is 1. The van der Waals surface area contributed by atoms with Crippen LogP contribution in [0.5, 0.6) is 0 Å². The van der Waals surface area contributed by atoms with Gasteiger partial charge >= 0.3 is 5.97 Å². The molecule has 0 bridgehead atoms. The highest BCUT2D eigenvalue weighted by atomic mass is 16.4. The normalized spacial score (nSPS) is 19.5. The van der Waals surface area contributed by atoms with Crippen LogP contribution in [0.2, 0.25) is 0 Å². The predicted molar refractivity (Wildman–Crippen MR) is 81.2 cm³/mol. The molecule has 1 fully saturated rings. The van der Waals surface area contributed by atoms with Crippen molar-refractivity contribution in [2.24, 2.45) is 5.92 Å². The summed E-state index contributed by atoms with van der Waals surface area (Å²) in [5, 5.41) is 8.98. The molecule has 1 N–H and O–H groups in total. The SMILES string of the molecule is CCc1ccc(C(C)CC(=O)N2CCC(C(=O)O)C2)cc1. The van der Waals surface area contributed by atoms with E-state index in [2.05, 4.69) is 31.2 Å². The molecule has 2 rings (SSSR count). The Labute approximate surface area is 125 Å². The highest BCUT2D eigenvalue weighted by Crippen LogP contribution is 2.23. The van der Waals surface area contributed by atoms with Crippen LogP contribution >= 0.6 is 0 Å². The summed E-state index contributed by atoms with van der Waals surface area (Å²) in [6.07, 6.45) is 2.02. The first-order valence-corrected chi connectivity index (χ1v) is 7.60. The molecule has 1 aromatic carbocycles. The number of hydrogen-bond donors (Lipinski definition) is 1. The van der Waals surface area contributed by atoms with Crippen LogP contribution in [-0.2, 0) is 16.0 Å². The van der Waals surface area contributed by atoms with E-state index in [1.807, 2.05) is 6.92 Å². The summed E-state index contributed by atoms with van der Waals surface area (Å²) in [6, 6.07) is 8.38. The highest BCUT2D eigenvalue weighted by molar-refractivity contribution is 5.79. The van der Waals surface area contributed by atoms with E-state index in [1.54, 1.807) is 4.90 Å². The lowest BCUT2D eigenvalue weighted by Crippen LogP contribution is -2.30. The Morgan fingerprint density at radius 1 is 1.33 bits per heavy atom. The van der Waals surface area contributed by atoms with E-state index in [0.29, 0.717) is 25.9 Å². The number of carboxylic acid groups (broad SMARTS) is 1. The van der Waals surface area contributed by atoms with Crippen LogP contribution in [0.15, 0.2) is 24.3 Å². The zero-order valence-electron chi connectivity index (χ0n) is 12.7. The smallest absolute Gasteiger partial charge is 0.308 e. The first kappa shape index (κ1) is 15.5. The molecular weight excluding hydrogens is 266 g/mol. The van der Waals surface area contributed by atoms with Crippen molar-refractivity contribution in [2.45, 2.75) is 39.0 Å². The number of aliphatic carboxylic acids is 1. The second-order valence-corrected chi connectivity index (χ2v) is 5.86. The number of hydrogen-bond acceptors (Lipinski definition) is 2. The Morgan fingerprint density at radius 3 is 2.52 bits per heavy atom. The third-order valence-electron chi connectivity index (χ3n) is 4.33. The number of likely N-dealkylation sites (tertiary alicyclic amines) is 1. The Morgan fingerprint density at radius 2 is 2.00 bits per heavy atom. The fourth-order valence-electron chi connectivity index (χ4n) is 2.78.